The molecule has 1 saturated heterocycles. The van der Waals surface area contributed by atoms with Crippen molar-refractivity contribution in [2.75, 3.05) is 6.54 Å². The number of hydrogen-bond acceptors (Lipinski definition) is 4. The Bertz CT molecular complexity index is 1000. The van der Waals surface area contributed by atoms with Crippen molar-refractivity contribution in [2.45, 2.75) is 25.8 Å². The number of amides is 1. The SMILES string of the molecule is Cc1cccc(-c2noc(C3CCCN3C(=O)c3cc(Cl)ccc3F)n2)c1. The molecule has 27 heavy (non-hydrogen) atoms. The maximum absolute atomic E-state index is 14.1. The van der Waals surface area contributed by atoms with Gasteiger partial charge in [-0.25, -0.2) is 4.39 Å². The minimum atomic E-state index is -0.596. The van der Waals surface area contributed by atoms with Gasteiger partial charge >= 0.3 is 0 Å². The molecule has 4 rings (SSSR count). The van der Waals surface area contributed by atoms with Crippen LogP contribution in [-0.4, -0.2) is 27.5 Å². The van der Waals surface area contributed by atoms with Crippen molar-refractivity contribution >= 4 is 17.5 Å². The first-order chi connectivity index (χ1) is 13.0. The predicted octanol–water partition coefficient (Wildman–Crippen LogP) is 4.81. The Morgan fingerprint density at radius 3 is 2.96 bits per heavy atom. The summed E-state index contributed by atoms with van der Waals surface area (Å²) in [5.41, 5.74) is 1.89. The quantitative estimate of drug-likeness (QED) is 0.648. The number of likely N-dealkylation sites (tertiary alicyclic amines) is 1. The van der Waals surface area contributed by atoms with E-state index in [-0.39, 0.29) is 11.6 Å². The smallest absolute Gasteiger partial charge is 0.257 e. The number of aromatic nitrogens is 2. The van der Waals surface area contributed by atoms with Crippen LogP contribution >= 0.6 is 11.6 Å². The molecule has 1 amide bonds. The number of rotatable bonds is 3. The molecule has 0 bridgehead atoms. The molecule has 5 nitrogen and oxygen atoms in total. The Kier molecular flexibility index (Phi) is 4.66. The van der Waals surface area contributed by atoms with Crippen LogP contribution in [0.4, 0.5) is 4.39 Å². The second kappa shape index (κ2) is 7.12. The average Bonchev–Trinajstić information content (AvgIpc) is 3.32. The van der Waals surface area contributed by atoms with Crippen LogP contribution in [0.3, 0.4) is 0 Å². The van der Waals surface area contributed by atoms with Crippen LogP contribution in [0.25, 0.3) is 11.4 Å². The van der Waals surface area contributed by atoms with Gasteiger partial charge in [0.1, 0.15) is 11.9 Å². The maximum Gasteiger partial charge on any atom is 0.257 e. The van der Waals surface area contributed by atoms with E-state index < -0.39 is 11.7 Å². The van der Waals surface area contributed by atoms with Crippen molar-refractivity contribution in [2.24, 2.45) is 0 Å². The topological polar surface area (TPSA) is 59.2 Å². The summed E-state index contributed by atoms with van der Waals surface area (Å²) in [6.07, 6.45) is 1.46. The molecule has 0 aliphatic carbocycles. The molecular weight excluding hydrogens is 369 g/mol. The van der Waals surface area contributed by atoms with Crippen LogP contribution in [0.1, 0.15) is 40.7 Å². The molecule has 1 atom stereocenters. The number of aryl methyl sites for hydroxylation is 1. The van der Waals surface area contributed by atoms with Crippen LogP contribution in [0, 0.1) is 12.7 Å². The van der Waals surface area contributed by atoms with Crippen molar-refractivity contribution in [3.63, 3.8) is 0 Å². The minimum absolute atomic E-state index is 0.0483. The Morgan fingerprint density at radius 1 is 1.30 bits per heavy atom. The summed E-state index contributed by atoms with van der Waals surface area (Å²) in [6.45, 7) is 2.49. The molecule has 0 spiro atoms. The first-order valence-electron chi connectivity index (χ1n) is 8.69. The molecule has 2 aromatic carbocycles. The van der Waals surface area contributed by atoms with Gasteiger partial charge in [-0.1, -0.05) is 40.5 Å². The molecule has 0 saturated carbocycles. The normalized spacial score (nSPS) is 16.7. The predicted molar refractivity (Wildman–Crippen MR) is 98.9 cm³/mol. The summed E-state index contributed by atoms with van der Waals surface area (Å²) >= 11 is 5.93. The van der Waals surface area contributed by atoms with Gasteiger partial charge in [-0.3, -0.25) is 4.79 Å². The molecule has 138 valence electrons. The van der Waals surface area contributed by atoms with E-state index in [2.05, 4.69) is 10.1 Å². The third kappa shape index (κ3) is 3.45. The average molecular weight is 386 g/mol. The number of halogens is 2. The molecule has 1 aliphatic rings. The lowest BCUT2D eigenvalue weighted by Crippen LogP contribution is -2.31. The van der Waals surface area contributed by atoms with Crippen molar-refractivity contribution in [1.29, 1.82) is 0 Å². The van der Waals surface area contributed by atoms with E-state index in [4.69, 9.17) is 16.1 Å². The summed E-state index contributed by atoms with van der Waals surface area (Å²) in [6, 6.07) is 11.4. The van der Waals surface area contributed by atoms with Gasteiger partial charge in [-0.2, -0.15) is 4.98 Å². The Balaban J connectivity index is 1.62. The zero-order valence-corrected chi connectivity index (χ0v) is 15.4. The number of nitrogens with zero attached hydrogens (tertiary/aromatic N) is 3. The van der Waals surface area contributed by atoms with Gasteiger partial charge in [-0.15, -0.1) is 0 Å². The van der Waals surface area contributed by atoms with E-state index in [0.29, 0.717) is 29.7 Å². The Morgan fingerprint density at radius 2 is 2.15 bits per heavy atom. The van der Waals surface area contributed by atoms with Crippen LogP contribution in [0.2, 0.25) is 5.02 Å². The van der Waals surface area contributed by atoms with Crippen LogP contribution in [0.5, 0.6) is 0 Å². The summed E-state index contributed by atoms with van der Waals surface area (Å²) in [5, 5.41) is 4.37. The largest absolute Gasteiger partial charge is 0.337 e. The fraction of sp³-hybridized carbons (Fsp3) is 0.250. The van der Waals surface area contributed by atoms with Crippen LogP contribution in [0.15, 0.2) is 47.0 Å². The lowest BCUT2D eigenvalue weighted by molar-refractivity contribution is 0.0705. The van der Waals surface area contributed by atoms with E-state index in [1.54, 1.807) is 4.90 Å². The number of carbonyl (C=O) groups is 1. The van der Waals surface area contributed by atoms with E-state index in [1.807, 2.05) is 31.2 Å². The molecule has 2 heterocycles. The highest BCUT2D eigenvalue weighted by molar-refractivity contribution is 6.31. The number of benzene rings is 2. The number of carbonyl (C=O) groups excluding carboxylic acids is 1. The van der Waals surface area contributed by atoms with Gasteiger partial charge in [0.2, 0.25) is 11.7 Å². The second-order valence-electron chi connectivity index (χ2n) is 6.61. The van der Waals surface area contributed by atoms with Gasteiger partial charge in [0.25, 0.3) is 5.91 Å². The molecular formula is C20H17ClFN3O2. The molecule has 1 aliphatic heterocycles. The lowest BCUT2D eigenvalue weighted by atomic mass is 10.1. The maximum atomic E-state index is 14.1. The fourth-order valence-corrected chi connectivity index (χ4v) is 3.53. The van der Waals surface area contributed by atoms with Crippen molar-refractivity contribution in [3.8, 4) is 11.4 Å². The first kappa shape index (κ1) is 17.7. The third-order valence-electron chi connectivity index (χ3n) is 4.68. The summed E-state index contributed by atoms with van der Waals surface area (Å²) in [5.74, 6) is -0.185. The molecule has 0 radical (unpaired) electrons. The van der Waals surface area contributed by atoms with E-state index in [1.165, 1.54) is 18.2 Å². The van der Waals surface area contributed by atoms with Gasteiger partial charge in [0.05, 0.1) is 5.56 Å². The molecule has 7 heteroatoms. The van der Waals surface area contributed by atoms with Crippen molar-refractivity contribution in [3.05, 3.63) is 70.3 Å². The summed E-state index contributed by atoms with van der Waals surface area (Å²) < 4.78 is 19.5. The lowest BCUT2D eigenvalue weighted by Gasteiger charge is -2.22. The standard InChI is InChI=1S/C20H17ClFN3O2/c1-12-4-2-5-13(10-12)18-23-19(27-24-18)17-6-3-9-25(17)20(26)15-11-14(21)7-8-16(15)22/h2,4-5,7-8,10-11,17H,3,6,9H2,1H3. The monoisotopic (exact) mass is 385 g/mol. The highest BCUT2D eigenvalue weighted by Crippen LogP contribution is 2.34. The van der Waals surface area contributed by atoms with Crippen molar-refractivity contribution < 1.29 is 13.7 Å². The van der Waals surface area contributed by atoms with Crippen molar-refractivity contribution in [1.82, 2.24) is 15.0 Å². The molecule has 1 aromatic heterocycles. The second-order valence-corrected chi connectivity index (χ2v) is 7.04. The van der Waals surface area contributed by atoms with Crippen LogP contribution in [-0.2, 0) is 0 Å². The van der Waals surface area contributed by atoms with Crippen LogP contribution < -0.4 is 0 Å². The Hall–Kier alpha value is -2.73. The van der Waals surface area contributed by atoms with E-state index in [0.717, 1.165) is 17.5 Å². The molecule has 3 aromatic rings. The molecule has 1 fully saturated rings. The van der Waals surface area contributed by atoms with E-state index in [9.17, 15) is 9.18 Å². The van der Waals surface area contributed by atoms with Gasteiger partial charge in [0.15, 0.2) is 0 Å². The first-order valence-corrected chi connectivity index (χ1v) is 9.07. The Labute approximate surface area is 160 Å². The van der Waals surface area contributed by atoms with E-state index >= 15 is 0 Å². The number of hydrogen-bond donors (Lipinski definition) is 0. The molecule has 1 unspecified atom stereocenters. The summed E-state index contributed by atoms with van der Waals surface area (Å²) in [4.78, 5) is 18.9. The van der Waals surface area contributed by atoms with Gasteiger partial charge in [-0.05, 0) is 44.0 Å². The van der Waals surface area contributed by atoms with Gasteiger partial charge < -0.3 is 9.42 Å². The zero-order chi connectivity index (χ0) is 19.0. The highest BCUT2D eigenvalue weighted by Gasteiger charge is 2.35. The highest BCUT2D eigenvalue weighted by atomic mass is 35.5. The fourth-order valence-electron chi connectivity index (χ4n) is 3.35. The zero-order valence-electron chi connectivity index (χ0n) is 14.7. The third-order valence-corrected chi connectivity index (χ3v) is 4.91. The summed E-state index contributed by atoms with van der Waals surface area (Å²) in [7, 11) is 0. The molecule has 0 N–H and O–H groups in total. The van der Waals surface area contributed by atoms with Gasteiger partial charge in [0, 0.05) is 17.1 Å². The minimum Gasteiger partial charge on any atom is -0.337 e.